The summed E-state index contributed by atoms with van der Waals surface area (Å²) in [5.41, 5.74) is 1.75. The number of hydrogen-bond acceptors (Lipinski definition) is 2. The predicted octanol–water partition coefficient (Wildman–Crippen LogP) is 4.16. The maximum Gasteiger partial charge on any atom is 0.319 e. The van der Waals surface area contributed by atoms with Crippen molar-refractivity contribution in [3.63, 3.8) is 0 Å². The van der Waals surface area contributed by atoms with Crippen LogP contribution < -0.4 is 16.0 Å². The van der Waals surface area contributed by atoms with E-state index in [1.54, 1.807) is 24.3 Å². The molecule has 142 valence electrons. The smallest absolute Gasteiger partial charge is 0.319 e. The normalized spacial score (nSPS) is 28.8. The third-order valence-corrected chi connectivity index (χ3v) is 6.92. The van der Waals surface area contributed by atoms with Gasteiger partial charge in [-0.25, -0.2) is 4.79 Å². The van der Waals surface area contributed by atoms with Gasteiger partial charge in [-0.3, -0.25) is 4.79 Å². The van der Waals surface area contributed by atoms with Gasteiger partial charge in [-0.1, -0.05) is 20.8 Å². The van der Waals surface area contributed by atoms with E-state index in [-0.39, 0.29) is 34.9 Å². The Balaban J connectivity index is 1.62. The second kappa shape index (κ2) is 6.60. The fourth-order valence-corrected chi connectivity index (χ4v) is 4.80. The Morgan fingerprint density at radius 1 is 1.12 bits per heavy atom. The molecular weight excluding hydrogens is 326 g/mol. The molecule has 2 aliphatic rings. The summed E-state index contributed by atoms with van der Waals surface area (Å²) in [4.78, 5) is 24.4. The average molecular weight is 357 g/mol. The Hall–Kier alpha value is -2.04. The standard InChI is InChI=1S/C21H31N3O2/c1-13(2)22-19(26)23-16-8-6-14(7-9-16)18(25)24-17-12-15-10-11-21(17,5)20(15,3)4/h6-9,13,15,17H,10-12H2,1-5H3,(H,24,25)(H2,22,23,26). The highest BCUT2D eigenvalue weighted by Crippen LogP contribution is 2.65. The molecule has 3 unspecified atom stereocenters. The molecule has 26 heavy (non-hydrogen) atoms. The van der Waals surface area contributed by atoms with Gasteiger partial charge < -0.3 is 16.0 Å². The van der Waals surface area contributed by atoms with E-state index >= 15 is 0 Å². The highest BCUT2D eigenvalue weighted by molar-refractivity contribution is 5.95. The number of nitrogens with one attached hydrogen (secondary N) is 3. The van der Waals surface area contributed by atoms with Gasteiger partial charge in [0.1, 0.15) is 0 Å². The van der Waals surface area contributed by atoms with Crippen molar-refractivity contribution >= 4 is 17.6 Å². The summed E-state index contributed by atoms with van der Waals surface area (Å²) in [6.07, 6.45) is 3.53. The number of carbonyl (C=O) groups is 2. The van der Waals surface area contributed by atoms with Gasteiger partial charge in [0.15, 0.2) is 0 Å². The van der Waals surface area contributed by atoms with Gasteiger partial charge in [0.2, 0.25) is 0 Å². The van der Waals surface area contributed by atoms with Gasteiger partial charge in [0, 0.05) is 23.3 Å². The number of amides is 3. The molecule has 3 amide bonds. The highest BCUT2D eigenvalue weighted by Gasteiger charge is 2.61. The molecule has 1 aromatic rings. The quantitative estimate of drug-likeness (QED) is 0.757. The van der Waals surface area contributed by atoms with Crippen LogP contribution >= 0.6 is 0 Å². The van der Waals surface area contributed by atoms with E-state index in [1.807, 2.05) is 13.8 Å². The van der Waals surface area contributed by atoms with Crippen molar-refractivity contribution in [2.75, 3.05) is 5.32 Å². The Bertz CT molecular complexity index is 696. The van der Waals surface area contributed by atoms with E-state index in [0.29, 0.717) is 17.2 Å². The summed E-state index contributed by atoms with van der Waals surface area (Å²) >= 11 is 0. The maximum absolute atomic E-state index is 12.7. The van der Waals surface area contributed by atoms with Crippen molar-refractivity contribution in [1.82, 2.24) is 10.6 Å². The van der Waals surface area contributed by atoms with E-state index in [4.69, 9.17) is 0 Å². The first-order chi connectivity index (χ1) is 12.1. The minimum absolute atomic E-state index is 0.0299. The Labute approximate surface area is 156 Å². The van der Waals surface area contributed by atoms with Crippen LogP contribution in [-0.2, 0) is 0 Å². The molecule has 3 rings (SSSR count). The monoisotopic (exact) mass is 357 g/mol. The lowest BCUT2D eigenvalue weighted by atomic mass is 9.69. The largest absolute Gasteiger partial charge is 0.349 e. The molecule has 0 radical (unpaired) electrons. The van der Waals surface area contributed by atoms with E-state index in [2.05, 4.69) is 36.7 Å². The van der Waals surface area contributed by atoms with Crippen LogP contribution in [0, 0.1) is 16.7 Å². The lowest BCUT2D eigenvalue weighted by Gasteiger charge is -2.39. The molecule has 3 N–H and O–H groups in total. The minimum atomic E-state index is -0.241. The number of anilines is 1. The molecule has 0 aromatic heterocycles. The van der Waals surface area contributed by atoms with Crippen molar-refractivity contribution in [3.05, 3.63) is 29.8 Å². The van der Waals surface area contributed by atoms with Crippen molar-refractivity contribution in [2.45, 2.75) is 66.0 Å². The lowest BCUT2D eigenvalue weighted by Crippen LogP contribution is -2.46. The second-order valence-electron chi connectivity index (χ2n) is 8.97. The third-order valence-electron chi connectivity index (χ3n) is 6.92. The van der Waals surface area contributed by atoms with Crippen molar-refractivity contribution < 1.29 is 9.59 Å². The molecule has 0 heterocycles. The number of benzene rings is 1. The van der Waals surface area contributed by atoms with Crippen LogP contribution in [0.15, 0.2) is 24.3 Å². The predicted molar refractivity (Wildman–Crippen MR) is 104 cm³/mol. The molecule has 2 saturated carbocycles. The van der Waals surface area contributed by atoms with Gasteiger partial charge in [-0.2, -0.15) is 0 Å². The molecule has 0 aliphatic heterocycles. The maximum atomic E-state index is 12.7. The first-order valence-electron chi connectivity index (χ1n) is 9.62. The van der Waals surface area contributed by atoms with Crippen molar-refractivity contribution in [1.29, 1.82) is 0 Å². The molecule has 2 fully saturated rings. The molecule has 2 aliphatic carbocycles. The molecule has 0 saturated heterocycles. The zero-order valence-corrected chi connectivity index (χ0v) is 16.5. The van der Waals surface area contributed by atoms with Gasteiger partial charge in [-0.15, -0.1) is 0 Å². The SMILES string of the molecule is CC(C)NC(=O)Nc1ccc(C(=O)NC2CC3CCC2(C)C3(C)C)cc1. The molecule has 5 heteroatoms. The van der Waals surface area contributed by atoms with Crippen molar-refractivity contribution in [2.24, 2.45) is 16.7 Å². The van der Waals surface area contributed by atoms with Crippen LogP contribution in [0.1, 0.15) is 64.2 Å². The van der Waals surface area contributed by atoms with E-state index < -0.39 is 0 Å². The fourth-order valence-electron chi connectivity index (χ4n) is 4.80. The number of rotatable bonds is 4. The molecule has 3 atom stereocenters. The summed E-state index contributed by atoms with van der Waals surface area (Å²) in [6, 6.07) is 7.13. The van der Waals surface area contributed by atoms with Gasteiger partial charge in [-0.05, 0) is 74.1 Å². The summed E-state index contributed by atoms with van der Waals surface area (Å²) in [5, 5.41) is 8.81. The number of carbonyl (C=O) groups excluding carboxylic acids is 2. The zero-order valence-electron chi connectivity index (χ0n) is 16.5. The number of fused-ring (bicyclic) bond motifs is 2. The Kier molecular flexibility index (Phi) is 4.76. The molecule has 0 spiro atoms. The van der Waals surface area contributed by atoms with E-state index in [9.17, 15) is 9.59 Å². The van der Waals surface area contributed by atoms with Crippen LogP contribution in [0.25, 0.3) is 0 Å². The summed E-state index contributed by atoms with van der Waals surface area (Å²) in [5.74, 6) is 0.668. The Morgan fingerprint density at radius 3 is 2.27 bits per heavy atom. The average Bonchev–Trinajstić information content (AvgIpc) is 2.88. The topological polar surface area (TPSA) is 70.2 Å². The van der Waals surface area contributed by atoms with E-state index in [0.717, 1.165) is 6.42 Å². The highest BCUT2D eigenvalue weighted by atomic mass is 16.2. The van der Waals surface area contributed by atoms with Crippen LogP contribution in [0.2, 0.25) is 0 Å². The first-order valence-corrected chi connectivity index (χ1v) is 9.62. The lowest BCUT2D eigenvalue weighted by molar-refractivity contribution is 0.0826. The number of urea groups is 1. The van der Waals surface area contributed by atoms with Crippen LogP contribution in [0.3, 0.4) is 0 Å². The Morgan fingerprint density at radius 2 is 1.77 bits per heavy atom. The summed E-state index contributed by atoms with van der Waals surface area (Å²) < 4.78 is 0. The first kappa shape index (κ1) is 18.7. The number of hydrogen-bond donors (Lipinski definition) is 3. The van der Waals surface area contributed by atoms with Crippen LogP contribution in [0.5, 0.6) is 0 Å². The second-order valence-corrected chi connectivity index (χ2v) is 8.97. The van der Waals surface area contributed by atoms with Crippen LogP contribution in [-0.4, -0.2) is 24.0 Å². The van der Waals surface area contributed by atoms with Crippen molar-refractivity contribution in [3.8, 4) is 0 Å². The minimum Gasteiger partial charge on any atom is -0.349 e. The van der Waals surface area contributed by atoms with Crippen LogP contribution in [0.4, 0.5) is 10.5 Å². The van der Waals surface area contributed by atoms with E-state index in [1.165, 1.54) is 12.8 Å². The molecule has 5 nitrogen and oxygen atoms in total. The summed E-state index contributed by atoms with van der Waals surface area (Å²) in [7, 11) is 0. The molecular formula is C21H31N3O2. The summed E-state index contributed by atoms with van der Waals surface area (Å²) in [6.45, 7) is 10.8. The van der Waals surface area contributed by atoms with Gasteiger partial charge in [0.25, 0.3) is 5.91 Å². The molecule has 1 aromatic carbocycles. The fraction of sp³-hybridized carbons (Fsp3) is 0.619. The van der Waals surface area contributed by atoms with Gasteiger partial charge in [0.05, 0.1) is 0 Å². The van der Waals surface area contributed by atoms with Gasteiger partial charge >= 0.3 is 6.03 Å². The third kappa shape index (κ3) is 3.19. The zero-order chi connectivity index (χ0) is 19.1. The molecule has 2 bridgehead atoms.